The molecule has 1 aliphatic rings. The molecule has 4 rings (SSSR count). The van der Waals surface area contributed by atoms with Crippen molar-refractivity contribution in [2.75, 3.05) is 30.8 Å². The molecule has 198 valence electrons. The first-order valence-electron chi connectivity index (χ1n) is 13.6. The lowest BCUT2D eigenvalue weighted by atomic mass is 9.98. The second-order valence-corrected chi connectivity index (χ2v) is 9.76. The topological polar surface area (TPSA) is 73.5 Å². The molecule has 0 aromatic heterocycles. The zero-order chi connectivity index (χ0) is 26.9. The van der Waals surface area contributed by atoms with Gasteiger partial charge in [0.25, 0.3) is 11.8 Å². The van der Waals surface area contributed by atoms with Crippen molar-refractivity contribution in [1.82, 2.24) is 10.2 Å². The lowest BCUT2D eigenvalue weighted by Gasteiger charge is -2.18. The average Bonchev–Trinajstić information content (AvgIpc) is 3.28. The summed E-state index contributed by atoms with van der Waals surface area (Å²) in [5, 5.41) is 9.97. The Kier molecular flexibility index (Phi) is 9.33. The van der Waals surface area contributed by atoms with Gasteiger partial charge >= 0.3 is 0 Å². The van der Waals surface area contributed by atoms with Gasteiger partial charge in [-0.3, -0.25) is 9.59 Å². The standard InChI is InChI=1S/C32H38N4O2/c1-4-6-19-33-22-23-13-16-26(17-14-23)34-30(24-11-9-8-10-12-24)29-27-21-25(15-18-28(27)35-31(29)37)32(38)36(3)20-7-5-2/h8-18,21,33-34H,4-7,19-20,22H2,1-3H3,(H,35,37). The van der Waals surface area contributed by atoms with E-state index in [0.29, 0.717) is 29.1 Å². The van der Waals surface area contributed by atoms with Crippen LogP contribution < -0.4 is 16.0 Å². The summed E-state index contributed by atoms with van der Waals surface area (Å²) in [5.41, 5.74) is 6.24. The lowest BCUT2D eigenvalue weighted by Crippen LogP contribution is -2.27. The predicted molar refractivity (Wildman–Crippen MR) is 157 cm³/mol. The molecule has 3 aromatic carbocycles. The van der Waals surface area contributed by atoms with Crippen LogP contribution in [0.3, 0.4) is 0 Å². The first-order chi connectivity index (χ1) is 18.5. The smallest absolute Gasteiger partial charge is 0.258 e. The van der Waals surface area contributed by atoms with Gasteiger partial charge in [-0.25, -0.2) is 0 Å². The molecular weight excluding hydrogens is 472 g/mol. The largest absolute Gasteiger partial charge is 0.354 e. The highest BCUT2D eigenvalue weighted by molar-refractivity contribution is 6.37. The highest BCUT2D eigenvalue weighted by Gasteiger charge is 2.29. The quantitative estimate of drug-likeness (QED) is 0.195. The Bertz CT molecular complexity index is 1280. The van der Waals surface area contributed by atoms with E-state index in [-0.39, 0.29) is 11.8 Å². The summed E-state index contributed by atoms with van der Waals surface area (Å²) in [4.78, 5) is 28.1. The van der Waals surface area contributed by atoms with Gasteiger partial charge in [-0.05, 0) is 60.8 Å². The Morgan fingerprint density at radius 2 is 1.63 bits per heavy atom. The molecule has 3 N–H and O–H groups in total. The van der Waals surface area contributed by atoms with E-state index >= 15 is 0 Å². The van der Waals surface area contributed by atoms with E-state index in [1.807, 2.05) is 61.6 Å². The summed E-state index contributed by atoms with van der Waals surface area (Å²) in [6.45, 7) is 6.83. The van der Waals surface area contributed by atoms with E-state index in [0.717, 1.165) is 42.7 Å². The molecule has 2 amide bonds. The van der Waals surface area contributed by atoms with E-state index in [4.69, 9.17) is 0 Å². The SMILES string of the molecule is CCCCNCc1ccc(NC(=C2C(=O)Nc3ccc(C(=O)N(C)CCCC)cc32)c2ccccc2)cc1. The van der Waals surface area contributed by atoms with Gasteiger partial charge in [-0.15, -0.1) is 0 Å². The number of anilines is 2. The van der Waals surface area contributed by atoms with Crippen LogP contribution in [0.15, 0.2) is 72.8 Å². The van der Waals surface area contributed by atoms with Gasteiger partial charge in [0.2, 0.25) is 0 Å². The number of nitrogens with zero attached hydrogens (tertiary/aromatic N) is 1. The highest BCUT2D eigenvalue weighted by atomic mass is 16.2. The molecule has 1 aliphatic heterocycles. The monoisotopic (exact) mass is 510 g/mol. The molecule has 0 saturated heterocycles. The van der Waals surface area contributed by atoms with Gasteiger partial charge in [0.1, 0.15) is 0 Å². The van der Waals surface area contributed by atoms with E-state index in [9.17, 15) is 9.59 Å². The highest BCUT2D eigenvalue weighted by Crippen LogP contribution is 2.38. The minimum Gasteiger partial charge on any atom is -0.354 e. The number of nitrogens with one attached hydrogen (secondary N) is 3. The molecule has 0 fully saturated rings. The van der Waals surface area contributed by atoms with Gasteiger partial charge < -0.3 is 20.9 Å². The number of carbonyl (C=O) groups excluding carboxylic acids is 2. The van der Waals surface area contributed by atoms with Crippen LogP contribution in [-0.2, 0) is 11.3 Å². The number of rotatable bonds is 12. The van der Waals surface area contributed by atoms with Crippen LogP contribution in [0.4, 0.5) is 11.4 Å². The van der Waals surface area contributed by atoms with Crippen LogP contribution in [0.5, 0.6) is 0 Å². The fraction of sp³-hybridized carbons (Fsp3) is 0.312. The molecule has 3 aromatic rings. The van der Waals surface area contributed by atoms with E-state index < -0.39 is 0 Å². The molecule has 38 heavy (non-hydrogen) atoms. The van der Waals surface area contributed by atoms with Crippen molar-refractivity contribution in [2.45, 2.75) is 46.1 Å². The third-order valence-corrected chi connectivity index (χ3v) is 6.78. The van der Waals surface area contributed by atoms with Crippen molar-refractivity contribution in [2.24, 2.45) is 0 Å². The Hall–Kier alpha value is -3.90. The molecule has 6 nitrogen and oxygen atoms in total. The fourth-order valence-corrected chi connectivity index (χ4v) is 4.53. The normalized spacial score (nSPS) is 13.6. The van der Waals surface area contributed by atoms with Crippen molar-refractivity contribution in [3.63, 3.8) is 0 Å². The third kappa shape index (κ3) is 6.50. The number of amides is 2. The van der Waals surface area contributed by atoms with Gasteiger partial charge in [-0.1, -0.05) is 69.2 Å². The van der Waals surface area contributed by atoms with Gasteiger partial charge in [-0.2, -0.15) is 0 Å². The Balaban J connectivity index is 1.68. The van der Waals surface area contributed by atoms with Crippen LogP contribution in [0.25, 0.3) is 11.3 Å². The molecule has 0 spiro atoms. The number of fused-ring (bicyclic) bond motifs is 1. The van der Waals surface area contributed by atoms with Gasteiger partial charge in [0, 0.05) is 42.6 Å². The summed E-state index contributed by atoms with van der Waals surface area (Å²) in [7, 11) is 1.82. The van der Waals surface area contributed by atoms with Crippen LogP contribution in [-0.4, -0.2) is 36.9 Å². The van der Waals surface area contributed by atoms with Gasteiger partial charge in [0.15, 0.2) is 0 Å². The van der Waals surface area contributed by atoms with Crippen LogP contribution in [0, 0.1) is 0 Å². The molecule has 0 aliphatic carbocycles. The summed E-state index contributed by atoms with van der Waals surface area (Å²) in [5.74, 6) is -0.232. The number of benzene rings is 3. The van der Waals surface area contributed by atoms with Crippen molar-refractivity contribution >= 4 is 34.5 Å². The predicted octanol–water partition coefficient (Wildman–Crippen LogP) is 6.38. The number of unbranched alkanes of at least 4 members (excludes halogenated alkanes) is 2. The summed E-state index contributed by atoms with van der Waals surface area (Å²) >= 11 is 0. The first kappa shape index (κ1) is 27.1. The molecular formula is C32H38N4O2. The minimum atomic E-state index is -0.188. The molecule has 0 bridgehead atoms. The summed E-state index contributed by atoms with van der Waals surface area (Å²) < 4.78 is 0. The van der Waals surface area contributed by atoms with E-state index in [2.05, 4.69) is 41.9 Å². The Morgan fingerprint density at radius 1 is 0.895 bits per heavy atom. The van der Waals surface area contributed by atoms with Crippen LogP contribution in [0.1, 0.15) is 66.6 Å². The Morgan fingerprint density at radius 3 is 2.34 bits per heavy atom. The second-order valence-electron chi connectivity index (χ2n) is 9.76. The number of hydrogen-bond acceptors (Lipinski definition) is 4. The van der Waals surface area contributed by atoms with Crippen LogP contribution in [0.2, 0.25) is 0 Å². The first-order valence-corrected chi connectivity index (χ1v) is 13.6. The van der Waals surface area contributed by atoms with Crippen LogP contribution >= 0.6 is 0 Å². The molecule has 1 heterocycles. The van der Waals surface area contributed by atoms with Gasteiger partial charge in [0.05, 0.1) is 11.3 Å². The number of carbonyl (C=O) groups is 2. The van der Waals surface area contributed by atoms with Crippen molar-refractivity contribution in [1.29, 1.82) is 0 Å². The van der Waals surface area contributed by atoms with E-state index in [1.54, 1.807) is 11.0 Å². The van der Waals surface area contributed by atoms with Crippen molar-refractivity contribution < 1.29 is 9.59 Å². The molecule has 6 heteroatoms. The van der Waals surface area contributed by atoms with Crippen molar-refractivity contribution in [3.05, 3.63) is 95.1 Å². The maximum absolute atomic E-state index is 13.3. The molecule has 0 unspecified atom stereocenters. The maximum Gasteiger partial charge on any atom is 0.258 e. The Labute approximate surface area is 226 Å². The second kappa shape index (κ2) is 13.1. The lowest BCUT2D eigenvalue weighted by molar-refractivity contribution is -0.110. The third-order valence-electron chi connectivity index (χ3n) is 6.78. The molecule has 0 radical (unpaired) electrons. The number of hydrogen-bond donors (Lipinski definition) is 3. The fourth-order valence-electron chi connectivity index (χ4n) is 4.53. The molecule has 0 atom stereocenters. The zero-order valence-corrected chi connectivity index (χ0v) is 22.6. The summed E-state index contributed by atoms with van der Waals surface area (Å²) in [6.07, 6.45) is 4.32. The summed E-state index contributed by atoms with van der Waals surface area (Å²) in [6, 6.07) is 23.6. The molecule has 0 saturated carbocycles. The minimum absolute atomic E-state index is 0.0442. The van der Waals surface area contributed by atoms with E-state index in [1.165, 1.54) is 18.4 Å². The van der Waals surface area contributed by atoms with Crippen molar-refractivity contribution in [3.8, 4) is 0 Å². The zero-order valence-electron chi connectivity index (χ0n) is 22.6. The average molecular weight is 511 g/mol. The maximum atomic E-state index is 13.3.